The van der Waals surface area contributed by atoms with Crippen molar-refractivity contribution in [3.63, 3.8) is 0 Å². The van der Waals surface area contributed by atoms with Crippen molar-refractivity contribution in [1.82, 2.24) is 0 Å². The average molecular weight is 179 g/mol. The first-order valence-electron chi connectivity index (χ1n) is 3.95. The van der Waals surface area contributed by atoms with Gasteiger partial charge in [0.2, 0.25) is 0 Å². The summed E-state index contributed by atoms with van der Waals surface area (Å²) in [6, 6.07) is 7.15. The van der Waals surface area contributed by atoms with E-state index in [1.54, 1.807) is 19.1 Å². The maximum atomic E-state index is 10.8. The molecular weight excluding hydrogens is 168 g/mol. The summed E-state index contributed by atoms with van der Waals surface area (Å²) in [6.45, 7) is 4.84. The van der Waals surface area contributed by atoms with Crippen LogP contribution in [0.15, 0.2) is 24.3 Å². The average Bonchev–Trinajstić information content (AvgIpc) is 2.09. The topological polar surface area (TPSA) is 35.5 Å². The summed E-state index contributed by atoms with van der Waals surface area (Å²) in [5.74, 6) is 0.484. The number of hydrogen-bond donors (Lipinski definition) is 0. The molecule has 3 heteroatoms. The Morgan fingerprint density at radius 1 is 1.31 bits per heavy atom. The molecule has 69 valence electrons. The monoisotopic (exact) mass is 179 g/mol. The fourth-order valence-corrected chi connectivity index (χ4v) is 0.823. The van der Waals surface area contributed by atoms with E-state index < -0.39 is 6.16 Å². The van der Waals surface area contributed by atoms with Crippen LogP contribution in [0.3, 0.4) is 0 Å². The highest BCUT2D eigenvalue weighted by Crippen LogP contribution is 2.11. The van der Waals surface area contributed by atoms with Crippen LogP contribution in [-0.4, -0.2) is 6.16 Å². The van der Waals surface area contributed by atoms with E-state index in [4.69, 9.17) is 4.74 Å². The Bertz CT molecular complexity index is 277. The van der Waals surface area contributed by atoms with E-state index in [1.165, 1.54) is 6.61 Å². The van der Waals surface area contributed by atoms with Gasteiger partial charge in [-0.25, -0.2) is 4.79 Å². The summed E-state index contributed by atoms with van der Waals surface area (Å²) in [4.78, 5) is 10.8. The number of hydrogen-bond acceptors (Lipinski definition) is 3. The van der Waals surface area contributed by atoms with E-state index >= 15 is 0 Å². The zero-order chi connectivity index (χ0) is 9.68. The first-order chi connectivity index (χ1) is 6.22. The molecule has 0 saturated carbocycles. The first-order valence-corrected chi connectivity index (χ1v) is 3.95. The highest BCUT2D eigenvalue weighted by Gasteiger charge is 2.03. The molecule has 0 aromatic heterocycles. The molecule has 0 unspecified atom stereocenters. The van der Waals surface area contributed by atoms with Crippen LogP contribution in [0.25, 0.3) is 0 Å². The van der Waals surface area contributed by atoms with Crippen molar-refractivity contribution in [3.8, 4) is 5.75 Å². The standard InChI is InChI=1S/C10H11O3/c1-3-12-10(11)13-9-6-4-8(2)5-7-9/h3-7H,1-2H3. The van der Waals surface area contributed by atoms with Crippen molar-refractivity contribution >= 4 is 6.16 Å². The van der Waals surface area contributed by atoms with Crippen LogP contribution >= 0.6 is 0 Å². The second-order valence-electron chi connectivity index (χ2n) is 2.52. The van der Waals surface area contributed by atoms with Crippen LogP contribution in [0, 0.1) is 13.5 Å². The molecule has 1 aromatic carbocycles. The molecule has 13 heavy (non-hydrogen) atoms. The van der Waals surface area contributed by atoms with Crippen LogP contribution in [0.1, 0.15) is 12.5 Å². The summed E-state index contributed by atoms with van der Waals surface area (Å²) in [7, 11) is 0. The number of aryl methyl sites for hydroxylation is 1. The predicted octanol–water partition coefficient (Wildman–Crippen LogP) is 2.69. The summed E-state index contributed by atoms with van der Waals surface area (Å²) in [5, 5.41) is 0. The lowest BCUT2D eigenvalue weighted by atomic mass is 10.2. The van der Waals surface area contributed by atoms with Gasteiger partial charge in [0, 0.05) is 0 Å². The second-order valence-corrected chi connectivity index (χ2v) is 2.52. The minimum absolute atomic E-state index is 0.484. The highest BCUT2D eigenvalue weighted by molar-refractivity contribution is 5.64. The van der Waals surface area contributed by atoms with Crippen LogP contribution in [0.4, 0.5) is 4.79 Å². The summed E-state index contributed by atoms with van der Waals surface area (Å²) in [5.41, 5.74) is 1.11. The van der Waals surface area contributed by atoms with Gasteiger partial charge in [-0.3, -0.25) is 0 Å². The van der Waals surface area contributed by atoms with E-state index in [1.807, 2.05) is 19.1 Å². The Morgan fingerprint density at radius 2 is 1.92 bits per heavy atom. The van der Waals surface area contributed by atoms with Crippen molar-refractivity contribution in [2.24, 2.45) is 0 Å². The van der Waals surface area contributed by atoms with Gasteiger partial charge in [0.05, 0.1) is 0 Å². The van der Waals surface area contributed by atoms with Gasteiger partial charge in [-0.1, -0.05) is 17.7 Å². The molecule has 0 spiro atoms. The van der Waals surface area contributed by atoms with Crippen LogP contribution in [-0.2, 0) is 4.74 Å². The zero-order valence-electron chi connectivity index (χ0n) is 7.61. The molecule has 0 aliphatic carbocycles. The summed E-state index contributed by atoms with van der Waals surface area (Å²) in [6.07, 6.45) is -0.716. The molecule has 0 fully saturated rings. The molecule has 0 heterocycles. The maximum absolute atomic E-state index is 10.8. The SMILES string of the molecule is C[CH]OC(=O)Oc1ccc(C)cc1. The number of benzene rings is 1. The molecule has 3 nitrogen and oxygen atoms in total. The molecule has 0 aliphatic rings. The fourth-order valence-electron chi connectivity index (χ4n) is 0.823. The summed E-state index contributed by atoms with van der Waals surface area (Å²) >= 11 is 0. The Hall–Kier alpha value is -1.51. The quantitative estimate of drug-likeness (QED) is 0.517. The van der Waals surface area contributed by atoms with Gasteiger partial charge in [0.25, 0.3) is 0 Å². The maximum Gasteiger partial charge on any atom is 0.514 e. The van der Waals surface area contributed by atoms with Crippen molar-refractivity contribution < 1.29 is 14.3 Å². The lowest BCUT2D eigenvalue weighted by Crippen LogP contribution is -2.07. The highest BCUT2D eigenvalue weighted by atomic mass is 16.7. The third kappa shape index (κ3) is 3.15. The molecule has 0 N–H and O–H groups in total. The zero-order valence-corrected chi connectivity index (χ0v) is 7.61. The Morgan fingerprint density at radius 3 is 2.46 bits per heavy atom. The normalized spacial score (nSPS) is 9.38. The van der Waals surface area contributed by atoms with Gasteiger partial charge in [-0.2, -0.15) is 0 Å². The number of ether oxygens (including phenoxy) is 2. The van der Waals surface area contributed by atoms with E-state index in [2.05, 4.69) is 4.74 Å². The lowest BCUT2D eigenvalue weighted by Gasteiger charge is -2.02. The van der Waals surface area contributed by atoms with E-state index in [-0.39, 0.29) is 0 Å². The third-order valence-corrected chi connectivity index (χ3v) is 1.44. The Labute approximate surface area is 77.3 Å². The minimum Gasteiger partial charge on any atom is -0.427 e. The largest absolute Gasteiger partial charge is 0.514 e. The molecule has 0 atom stereocenters. The lowest BCUT2D eigenvalue weighted by molar-refractivity contribution is 0.124. The van der Waals surface area contributed by atoms with Crippen LogP contribution in [0.2, 0.25) is 0 Å². The van der Waals surface area contributed by atoms with Gasteiger partial charge in [-0.05, 0) is 26.0 Å². The van der Waals surface area contributed by atoms with Crippen molar-refractivity contribution in [3.05, 3.63) is 36.4 Å². The smallest absolute Gasteiger partial charge is 0.427 e. The molecule has 1 radical (unpaired) electrons. The molecule has 0 aliphatic heterocycles. The van der Waals surface area contributed by atoms with E-state index in [0.717, 1.165) is 5.56 Å². The predicted molar refractivity (Wildman–Crippen MR) is 48.3 cm³/mol. The molecule has 1 rings (SSSR count). The molecule has 0 bridgehead atoms. The minimum atomic E-state index is -0.716. The van der Waals surface area contributed by atoms with E-state index in [9.17, 15) is 4.79 Å². The van der Waals surface area contributed by atoms with Crippen LogP contribution in [0.5, 0.6) is 5.75 Å². The van der Waals surface area contributed by atoms with E-state index in [0.29, 0.717) is 5.75 Å². The van der Waals surface area contributed by atoms with Crippen molar-refractivity contribution in [2.75, 3.05) is 0 Å². The fraction of sp³-hybridized carbons (Fsp3) is 0.200. The number of carbonyl (C=O) groups excluding carboxylic acids is 1. The van der Waals surface area contributed by atoms with Gasteiger partial charge >= 0.3 is 6.16 Å². The molecule has 1 aromatic rings. The van der Waals surface area contributed by atoms with Gasteiger partial charge in [0.15, 0.2) is 0 Å². The summed E-state index contributed by atoms with van der Waals surface area (Å²) < 4.78 is 9.31. The second kappa shape index (κ2) is 4.50. The molecule has 0 amide bonds. The number of rotatable bonds is 2. The van der Waals surface area contributed by atoms with Crippen LogP contribution < -0.4 is 4.74 Å². The molecule has 0 saturated heterocycles. The third-order valence-electron chi connectivity index (χ3n) is 1.44. The van der Waals surface area contributed by atoms with Gasteiger partial charge in [0.1, 0.15) is 12.4 Å². The number of carbonyl (C=O) groups is 1. The van der Waals surface area contributed by atoms with Crippen molar-refractivity contribution in [1.29, 1.82) is 0 Å². The van der Waals surface area contributed by atoms with Crippen molar-refractivity contribution in [2.45, 2.75) is 13.8 Å². The van der Waals surface area contributed by atoms with Gasteiger partial charge in [-0.15, -0.1) is 0 Å². The first kappa shape index (κ1) is 9.58. The Balaban J connectivity index is 2.54. The molecular formula is C10H11O3. The van der Waals surface area contributed by atoms with Gasteiger partial charge < -0.3 is 9.47 Å². The Kier molecular flexibility index (Phi) is 3.31.